The first kappa shape index (κ1) is 14.4. The van der Waals surface area contributed by atoms with Crippen LogP contribution in [0.3, 0.4) is 0 Å². The van der Waals surface area contributed by atoms with Gasteiger partial charge in [-0.2, -0.15) is 0 Å². The molecule has 1 atom stereocenters. The maximum Gasteiger partial charge on any atom is 0.270 e. The average Bonchev–Trinajstić information content (AvgIpc) is 2.41. The van der Waals surface area contributed by atoms with Gasteiger partial charge in [-0.15, -0.1) is 0 Å². The molecule has 0 saturated carbocycles. The van der Waals surface area contributed by atoms with E-state index in [1.54, 1.807) is 6.07 Å². The van der Waals surface area contributed by atoms with E-state index in [0.717, 1.165) is 29.7 Å². The number of hydrogen-bond acceptors (Lipinski definition) is 5. The average molecular weight is 330 g/mol. The molecule has 1 unspecified atom stereocenters. The van der Waals surface area contributed by atoms with E-state index in [2.05, 4.69) is 20.8 Å². The molecule has 7 heteroatoms. The second kappa shape index (κ2) is 6.42. The lowest BCUT2D eigenvalue weighted by Crippen LogP contribution is -2.45. The quantitative estimate of drug-likeness (QED) is 0.669. The highest BCUT2D eigenvalue weighted by Gasteiger charge is 2.20. The SMILES string of the molecule is NCC1CN(Cc2ccc([N+](=O)[O-])cc2Br)CCO1. The number of non-ortho nitro benzene ring substituents is 1. The highest BCUT2D eigenvalue weighted by Crippen LogP contribution is 2.24. The minimum atomic E-state index is -0.395. The summed E-state index contributed by atoms with van der Waals surface area (Å²) in [6.45, 7) is 3.56. The Labute approximate surface area is 119 Å². The first-order chi connectivity index (χ1) is 9.10. The van der Waals surface area contributed by atoms with Crippen LogP contribution < -0.4 is 5.73 Å². The monoisotopic (exact) mass is 329 g/mol. The molecule has 1 saturated heterocycles. The standard InChI is InChI=1S/C12H16BrN3O3/c13-12-5-10(16(17)18)2-1-9(12)7-15-3-4-19-11(6-14)8-15/h1-2,5,11H,3-4,6-8,14H2. The Balaban J connectivity index is 2.04. The Morgan fingerprint density at radius 1 is 1.58 bits per heavy atom. The molecule has 19 heavy (non-hydrogen) atoms. The van der Waals surface area contributed by atoms with Crippen molar-refractivity contribution in [2.75, 3.05) is 26.2 Å². The van der Waals surface area contributed by atoms with E-state index in [9.17, 15) is 10.1 Å². The van der Waals surface area contributed by atoms with E-state index >= 15 is 0 Å². The fourth-order valence-electron chi connectivity index (χ4n) is 2.09. The first-order valence-electron chi connectivity index (χ1n) is 6.07. The van der Waals surface area contributed by atoms with Crippen molar-refractivity contribution in [3.8, 4) is 0 Å². The Hall–Kier alpha value is -1.02. The van der Waals surface area contributed by atoms with Crippen molar-refractivity contribution in [2.24, 2.45) is 5.73 Å². The van der Waals surface area contributed by atoms with E-state index in [-0.39, 0.29) is 11.8 Å². The fraction of sp³-hybridized carbons (Fsp3) is 0.500. The summed E-state index contributed by atoms with van der Waals surface area (Å²) in [7, 11) is 0. The third-order valence-corrected chi connectivity index (χ3v) is 3.87. The number of benzene rings is 1. The van der Waals surface area contributed by atoms with E-state index in [1.807, 2.05) is 0 Å². The van der Waals surface area contributed by atoms with Crippen LogP contribution in [0.4, 0.5) is 5.69 Å². The summed E-state index contributed by atoms with van der Waals surface area (Å²) >= 11 is 3.39. The van der Waals surface area contributed by atoms with Crippen molar-refractivity contribution in [3.05, 3.63) is 38.3 Å². The molecule has 1 aliphatic rings. The molecule has 0 aliphatic carbocycles. The van der Waals surface area contributed by atoms with Gasteiger partial charge in [0.05, 0.1) is 17.6 Å². The highest BCUT2D eigenvalue weighted by atomic mass is 79.9. The predicted molar refractivity (Wildman–Crippen MR) is 74.9 cm³/mol. The molecular weight excluding hydrogens is 314 g/mol. The second-order valence-corrected chi connectivity index (χ2v) is 5.35. The van der Waals surface area contributed by atoms with Crippen molar-refractivity contribution in [3.63, 3.8) is 0 Å². The van der Waals surface area contributed by atoms with E-state index in [0.29, 0.717) is 13.2 Å². The molecule has 0 bridgehead atoms. The summed E-state index contributed by atoms with van der Waals surface area (Å²) < 4.78 is 6.27. The first-order valence-corrected chi connectivity index (χ1v) is 6.86. The zero-order valence-electron chi connectivity index (χ0n) is 10.4. The molecular formula is C12H16BrN3O3. The molecule has 1 heterocycles. The van der Waals surface area contributed by atoms with Crippen molar-refractivity contribution in [1.29, 1.82) is 0 Å². The van der Waals surface area contributed by atoms with Gasteiger partial charge in [0.2, 0.25) is 0 Å². The van der Waals surface area contributed by atoms with Gasteiger partial charge in [0.25, 0.3) is 5.69 Å². The minimum absolute atomic E-state index is 0.0746. The van der Waals surface area contributed by atoms with E-state index < -0.39 is 4.92 Å². The van der Waals surface area contributed by atoms with Crippen LogP contribution in [0.2, 0.25) is 0 Å². The van der Waals surface area contributed by atoms with Crippen LogP contribution in [-0.4, -0.2) is 42.2 Å². The molecule has 1 aromatic rings. The molecule has 1 fully saturated rings. The predicted octanol–water partition coefficient (Wildman–Crippen LogP) is 1.52. The van der Waals surface area contributed by atoms with Crippen LogP contribution in [0.15, 0.2) is 22.7 Å². The molecule has 6 nitrogen and oxygen atoms in total. The topological polar surface area (TPSA) is 81.6 Å². The fourth-order valence-corrected chi connectivity index (χ4v) is 2.58. The zero-order valence-corrected chi connectivity index (χ0v) is 12.0. The molecule has 0 amide bonds. The Kier molecular flexibility index (Phi) is 4.87. The summed E-state index contributed by atoms with van der Waals surface area (Å²) in [5, 5.41) is 10.7. The van der Waals surface area contributed by atoms with Crippen molar-refractivity contribution in [1.82, 2.24) is 4.90 Å². The van der Waals surface area contributed by atoms with Gasteiger partial charge in [-0.1, -0.05) is 15.9 Å². The molecule has 104 valence electrons. The summed E-state index contributed by atoms with van der Waals surface area (Å²) in [5.41, 5.74) is 6.73. The number of nitro groups is 1. The van der Waals surface area contributed by atoms with Crippen LogP contribution >= 0.6 is 15.9 Å². The minimum Gasteiger partial charge on any atom is -0.374 e. The van der Waals surface area contributed by atoms with Crippen LogP contribution in [0.25, 0.3) is 0 Å². The third-order valence-electron chi connectivity index (χ3n) is 3.13. The number of nitrogens with zero attached hydrogens (tertiary/aromatic N) is 2. The van der Waals surface area contributed by atoms with Gasteiger partial charge in [0.1, 0.15) is 0 Å². The molecule has 2 N–H and O–H groups in total. The van der Waals surface area contributed by atoms with Gasteiger partial charge < -0.3 is 10.5 Å². The lowest BCUT2D eigenvalue weighted by molar-refractivity contribution is -0.384. The Morgan fingerprint density at radius 3 is 3.00 bits per heavy atom. The van der Waals surface area contributed by atoms with Gasteiger partial charge >= 0.3 is 0 Å². The maximum atomic E-state index is 10.7. The molecule has 0 radical (unpaired) electrons. The van der Waals surface area contributed by atoms with Gasteiger partial charge in [0.15, 0.2) is 0 Å². The number of halogens is 1. The summed E-state index contributed by atoms with van der Waals surface area (Å²) in [5.74, 6) is 0. The Bertz CT molecular complexity index is 470. The van der Waals surface area contributed by atoms with Crippen LogP contribution in [0, 0.1) is 10.1 Å². The van der Waals surface area contributed by atoms with Gasteiger partial charge in [-0.25, -0.2) is 0 Å². The lowest BCUT2D eigenvalue weighted by Gasteiger charge is -2.32. The van der Waals surface area contributed by atoms with Crippen molar-refractivity contribution in [2.45, 2.75) is 12.6 Å². The second-order valence-electron chi connectivity index (χ2n) is 4.50. The van der Waals surface area contributed by atoms with Crippen LogP contribution in [0.5, 0.6) is 0 Å². The molecule has 0 aromatic heterocycles. The van der Waals surface area contributed by atoms with Crippen LogP contribution in [-0.2, 0) is 11.3 Å². The van der Waals surface area contributed by atoms with Gasteiger partial charge in [0, 0.05) is 42.8 Å². The smallest absolute Gasteiger partial charge is 0.270 e. The number of nitro benzene ring substituents is 1. The molecule has 1 aromatic carbocycles. The highest BCUT2D eigenvalue weighted by molar-refractivity contribution is 9.10. The number of rotatable bonds is 4. The third kappa shape index (κ3) is 3.73. The number of morpholine rings is 1. The van der Waals surface area contributed by atoms with Crippen LogP contribution in [0.1, 0.15) is 5.56 Å². The summed E-state index contributed by atoms with van der Waals surface area (Å²) in [6, 6.07) is 4.85. The lowest BCUT2D eigenvalue weighted by atomic mass is 10.1. The summed E-state index contributed by atoms with van der Waals surface area (Å²) in [4.78, 5) is 12.5. The zero-order chi connectivity index (χ0) is 13.8. The normalized spacial score (nSPS) is 20.4. The Morgan fingerprint density at radius 2 is 2.37 bits per heavy atom. The van der Waals surface area contributed by atoms with E-state index in [1.165, 1.54) is 12.1 Å². The number of nitrogens with two attached hydrogens (primary N) is 1. The summed E-state index contributed by atoms with van der Waals surface area (Å²) in [6.07, 6.45) is 0.0746. The molecule has 0 spiro atoms. The van der Waals surface area contributed by atoms with Crippen molar-refractivity contribution < 1.29 is 9.66 Å². The van der Waals surface area contributed by atoms with Gasteiger partial charge in [-0.05, 0) is 11.6 Å². The molecule has 1 aliphatic heterocycles. The van der Waals surface area contributed by atoms with Gasteiger partial charge in [-0.3, -0.25) is 15.0 Å². The largest absolute Gasteiger partial charge is 0.374 e. The number of ether oxygens (including phenoxy) is 1. The van der Waals surface area contributed by atoms with Crippen molar-refractivity contribution >= 4 is 21.6 Å². The maximum absolute atomic E-state index is 10.7. The van der Waals surface area contributed by atoms with E-state index in [4.69, 9.17) is 10.5 Å². The number of hydrogen-bond donors (Lipinski definition) is 1. The molecule has 2 rings (SSSR count).